The minimum absolute atomic E-state index is 0.0701. The molecular weight excluding hydrogens is 240 g/mol. The number of anilines is 1. The van der Waals surface area contributed by atoms with E-state index in [0.29, 0.717) is 29.4 Å². The van der Waals surface area contributed by atoms with Gasteiger partial charge in [0.05, 0.1) is 12.8 Å². The Labute approximate surface area is 106 Å². The summed E-state index contributed by atoms with van der Waals surface area (Å²) < 4.78 is 5.25. The molecule has 2 N–H and O–H groups in total. The highest BCUT2D eigenvalue weighted by Gasteiger charge is 2.10. The molecule has 0 saturated heterocycles. The SMILES string of the molecule is CNCCC(=O)Nc1cc(Cl)cc(C)c1OC. The summed E-state index contributed by atoms with van der Waals surface area (Å²) in [5.41, 5.74) is 1.50. The summed E-state index contributed by atoms with van der Waals surface area (Å²) in [4.78, 5) is 11.6. The van der Waals surface area contributed by atoms with Crippen LogP contribution in [0.3, 0.4) is 0 Å². The third-order valence-electron chi connectivity index (χ3n) is 2.32. The maximum atomic E-state index is 11.6. The van der Waals surface area contributed by atoms with Gasteiger partial charge in [0, 0.05) is 18.0 Å². The Hall–Kier alpha value is -1.26. The second-order valence-electron chi connectivity index (χ2n) is 3.71. The number of methoxy groups -OCH3 is 1. The zero-order valence-corrected chi connectivity index (χ0v) is 11.0. The molecule has 0 aromatic heterocycles. The van der Waals surface area contributed by atoms with Crippen molar-refractivity contribution in [1.82, 2.24) is 5.32 Å². The maximum Gasteiger partial charge on any atom is 0.225 e. The molecule has 0 atom stereocenters. The summed E-state index contributed by atoms with van der Waals surface area (Å²) in [6.45, 7) is 2.52. The molecule has 17 heavy (non-hydrogen) atoms. The van der Waals surface area contributed by atoms with E-state index in [1.165, 1.54) is 0 Å². The first-order chi connectivity index (χ1) is 8.08. The van der Waals surface area contributed by atoms with Gasteiger partial charge in [-0.25, -0.2) is 0 Å². The van der Waals surface area contributed by atoms with Crippen molar-refractivity contribution < 1.29 is 9.53 Å². The number of hydrogen-bond donors (Lipinski definition) is 2. The predicted molar refractivity (Wildman–Crippen MR) is 69.9 cm³/mol. The number of ether oxygens (including phenoxy) is 1. The van der Waals surface area contributed by atoms with Gasteiger partial charge in [0.2, 0.25) is 5.91 Å². The molecule has 4 nitrogen and oxygen atoms in total. The van der Waals surface area contributed by atoms with Crippen molar-refractivity contribution in [2.75, 3.05) is 26.0 Å². The Bertz CT molecular complexity index is 408. The molecule has 0 fully saturated rings. The van der Waals surface area contributed by atoms with E-state index in [1.54, 1.807) is 26.3 Å². The van der Waals surface area contributed by atoms with Gasteiger partial charge < -0.3 is 15.4 Å². The second-order valence-corrected chi connectivity index (χ2v) is 4.14. The number of hydrogen-bond acceptors (Lipinski definition) is 3. The van der Waals surface area contributed by atoms with Gasteiger partial charge in [0.1, 0.15) is 5.75 Å². The number of benzene rings is 1. The molecule has 0 spiro atoms. The largest absolute Gasteiger partial charge is 0.494 e. The maximum absolute atomic E-state index is 11.6. The smallest absolute Gasteiger partial charge is 0.225 e. The number of nitrogens with one attached hydrogen (secondary N) is 2. The van der Waals surface area contributed by atoms with Crippen molar-refractivity contribution in [2.45, 2.75) is 13.3 Å². The molecule has 94 valence electrons. The third kappa shape index (κ3) is 3.91. The highest BCUT2D eigenvalue weighted by Crippen LogP contribution is 2.31. The fourth-order valence-corrected chi connectivity index (χ4v) is 1.82. The molecule has 0 aliphatic heterocycles. The third-order valence-corrected chi connectivity index (χ3v) is 2.54. The lowest BCUT2D eigenvalue weighted by atomic mass is 10.2. The van der Waals surface area contributed by atoms with Crippen LogP contribution in [0.1, 0.15) is 12.0 Å². The van der Waals surface area contributed by atoms with Crippen LogP contribution in [-0.2, 0) is 4.79 Å². The number of halogens is 1. The van der Waals surface area contributed by atoms with Crippen molar-refractivity contribution in [2.24, 2.45) is 0 Å². The minimum atomic E-state index is -0.0701. The van der Waals surface area contributed by atoms with Gasteiger partial charge in [-0.15, -0.1) is 0 Å². The molecular formula is C12H17ClN2O2. The fourth-order valence-electron chi connectivity index (χ4n) is 1.54. The molecule has 0 heterocycles. The highest BCUT2D eigenvalue weighted by atomic mass is 35.5. The molecule has 0 radical (unpaired) electrons. The van der Waals surface area contributed by atoms with Gasteiger partial charge in [-0.05, 0) is 31.7 Å². The van der Waals surface area contributed by atoms with E-state index in [0.717, 1.165) is 5.56 Å². The first kappa shape index (κ1) is 13.8. The molecule has 0 aliphatic rings. The van der Waals surface area contributed by atoms with Gasteiger partial charge >= 0.3 is 0 Å². The Kier molecular flexibility index (Phi) is 5.25. The number of amides is 1. The van der Waals surface area contributed by atoms with Crippen LogP contribution in [0.4, 0.5) is 5.69 Å². The van der Waals surface area contributed by atoms with Crippen LogP contribution < -0.4 is 15.4 Å². The Morgan fingerprint density at radius 3 is 2.76 bits per heavy atom. The Morgan fingerprint density at radius 1 is 1.47 bits per heavy atom. The van der Waals surface area contributed by atoms with Crippen molar-refractivity contribution >= 4 is 23.2 Å². The normalized spacial score (nSPS) is 10.1. The highest BCUT2D eigenvalue weighted by molar-refractivity contribution is 6.31. The number of aryl methyl sites for hydroxylation is 1. The van der Waals surface area contributed by atoms with Gasteiger partial charge in [-0.1, -0.05) is 11.6 Å². The van der Waals surface area contributed by atoms with Crippen LogP contribution in [0, 0.1) is 6.92 Å². The standard InChI is InChI=1S/C12H17ClN2O2/c1-8-6-9(13)7-10(12(8)17-3)15-11(16)4-5-14-2/h6-7,14H,4-5H2,1-3H3,(H,15,16). The first-order valence-corrected chi connectivity index (χ1v) is 5.75. The lowest BCUT2D eigenvalue weighted by molar-refractivity contribution is -0.116. The van der Waals surface area contributed by atoms with Gasteiger partial charge in [0.15, 0.2) is 0 Å². The van der Waals surface area contributed by atoms with Gasteiger partial charge in [-0.3, -0.25) is 4.79 Å². The zero-order chi connectivity index (χ0) is 12.8. The number of carbonyl (C=O) groups excluding carboxylic acids is 1. The first-order valence-electron chi connectivity index (χ1n) is 5.37. The summed E-state index contributed by atoms with van der Waals surface area (Å²) in [5.74, 6) is 0.575. The van der Waals surface area contributed by atoms with E-state index in [1.807, 2.05) is 6.92 Å². The lowest BCUT2D eigenvalue weighted by Crippen LogP contribution is -2.19. The van der Waals surface area contributed by atoms with Crippen LogP contribution in [0.2, 0.25) is 5.02 Å². The topological polar surface area (TPSA) is 50.4 Å². The van der Waals surface area contributed by atoms with E-state index >= 15 is 0 Å². The zero-order valence-electron chi connectivity index (χ0n) is 10.3. The quantitative estimate of drug-likeness (QED) is 0.849. The van der Waals surface area contributed by atoms with Crippen molar-refractivity contribution in [1.29, 1.82) is 0 Å². The summed E-state index contributed by atoms with van der Waals surface area (Å²) in [7, 11) is 3.37. The minimum Gasteiger partial charge on any atom is -0.494 e. The van der Waals surface area contributed by atoms with Gasteiger partial charge in [0.25, 0.3) is 0 Å². The van der Waals surface area contributed by atoms with Crippen LogP contribution in [0.25, 0.3) is 0 Å². The summed E-state index contributed by atoms with van der Waals surface area (Å²) in [5, 5.41) is 6.28. The molecule has 1 aromatic rings. The van der Waals surface area contributed by atoms with Crippen LogP contribution >= 0.6 is 11.6 Å². The molecule has 0 bridgehead atoms. The van der Waals surface area contributed by atoms with Crippen molar-refractivity contribution in [3.8, 4) is 5.75 Å². The van der Waals surface area contributed by atoms with Crippen LogP contribution in [0.15, 0.2) is 12.1 Å². The molecule has 0 unspecified atom stereocenters. The van der Waals surface area contributed by atoms with E-state index < -0.39 is 0 Å². The molecule has 1 rings (SSSR count). The van der Waals surface area contributed by atoms with Crippen molar-refractivity contribution in [3.05, 3.63) is 22.7 Å². The van der Waals surface area contributed by atoms with Crippen LogP contribution in [-0.4, -0.2) is 26.6 Å². The molecule has 1 aromatic carbocycles. The molecule has 0 aliphatic carbocycles. The van der Waals surface area contributed by atoms with E-state index in [9.17, 15) is 4.79 Å². The Morgan fingerprint density at radius 2 is 2.18 bits per heavy atom. The average molecular weight is 257 g/mol. The fraction of sp³-hybridized carbons (Fsp3) is 0.417. The second kappa shape index (κ2) is 6.47. The monoisotopic (exact) mass is 256 g/mol. The number of rotatable bonds is 5. The summed E-state index contributed by atoms with van der Waals surface area (Å²) in [6.07, 6.45) is 0.408. The number of carbonyl (C=O) groups is 1. The van der Waals surface area contributed by atoms with Crippen molar-refractivity contribution in [3.63, 3.8) is 0 Å². The molecule has 1 amide bonds. The lowest BCUT2D eigenvalue weighted by Gasteiger charge is -2.13. The van der Waals surface area contributed by atoms with E-state index in [4.69, 9.17) is 16.3 Å². The molecule has 5 heteroatoms. The van der Waals surface area contributed by atoms with Crippen LogP contribution in [0.5, 0.6) is 5.75 Å². The molecule has 0 saturated carbocycles. The predicted octanol–water partition coefficient (Wildman–Crippen LogP) is 2.21. The average Bonchev–Trinajstić information content (AvgIpc) is 2.25. The van der Waals surface area contributed by atoms with E-state index in [2.05, 4.69) is 10.6 Å². The van der Waals surface area contributed by atoms with Gasteiger partial charge in [-0.2, -0.15) is 0 Å². The van der Waals surface area contributed by atoms with E-state index in [-0.39, 0.29) is 5.91 Å². The summed E-state index contributed by atoms with van der Waals surface area (Å²) in [6, 6.07) is 3.48. The Balaban J connectivity index is 2.85. The summed E-state index contributed by atoms with van der Waals surface area (Å²) >= 11 is 5.95.